The van der Waals surface area contributed by atoms with E-state index in [1.54, 1.807) is 24.3 Å². The maximum absolute atomic E-state index is 12.0. The number of hydrogen-bond acceptors (Lipinski definition) is 4. The highest BCUT2D eigenvalue weighted by Gasteiger charge is 2.09. The number of fused-ring (bicyclic) bond motifs is 1. The molecule has 5 nitrogen and oxygen atoms in total. The summed E-state index contributed by atoms with van der Waals surface area (Å²) in [6.45, 7) is 0. The molecule has 114 valence electrons. The number of benzene rings is 2. The van der Waals surface area contributed by atoms with Gasteiger partial charge in [0.15, 0.2) is 5.16 Å². The molecule has 0 radical (unpaired) electrons. The van der Waals surface area contributed by atoms with E-state index in [-0.39, 0.29) is 11.7 Å². The number of rotatable bonds is 4. The molecular weight excluding hydrogens is 376 g/mol. The second kappa shape index (κ2) is 6.86. The number of H-pyrrole nitrogens is 1. The summed E-state index contributed by atoms with van der Waals surface area (Å²) in [6, 6.07) is 14.7. The van der Waals surface area contributed by atoms with Crippen molar-refractivity contribution < 1.29 is 4.79 Å². The van der Waals surface area contributed by atoms with Gasteiger partial charge in [-0.25, -0.2) is 4.98 Å². The number of halogens is 1. The van der Waals surface area contributed by atoms with Crippen molar-refractivity contribution in [2.24, 2.45) is 0 Å². The van der Waals surface area contributed by atoms with Crippen molar-refractivity contribution in [1.29, 1.82) is 5.26 Å². The number of amides is 1. The quantitative estimate of drug-likeness (QED) is 0.665. The summed E-state index contributed by atoms with van der Waals surface area (Å²) < 4.78 is 0.969. The summed E-state index contributed by atoms with van der Waals surface area (Å²) >= 11 is 4.73. The average Bonchev–Trinajstić information content (AvgIpc) is 2.95. The molecule has 0 fully saturated rings. The fourth-order valence-electron chi connectivity index (χ4n) is 2.04. The summed E-state index contributed by atoms with van der Waals surface area (Å²) in [5.74, 6) is 0.0279. The van der Waals surface area contributed by atoms with Crippen molar-refractivity contribution in [2.75, 3.05) is 11.1 Å². The van der Waals surface area contributed by atoms with Crippen LogP contribution in [0.5, 0.6) is 0 Å². The van der Waals surface area contributed by atoms with Crippen molar-refractivity contribution in [3.05, 3.63) is 52.5 Å². The van der Waals surface area contributed by atoms with E-state index >= 15 is 0 Å². The zero-order valence-electron chi connectivity index (χ0n) is 11.8. The van der Waals surface area contributed by atoms with Crippen LogP contribution in [0.4, 0.5) is 5.69 Å². The van der Waals surface area contributed by atoms with Gasteiger partial charge < -0.3 is 10.3 Å². The van der Waals surface area contributed by atoms with Crippen molar-refractivity contribution in [3.8, 4) is 6.07 Å². The lowest BCUT2D eigenvalue weighted by Gasteiger charge is -2.05. The van der Waals surface area contributed by atoms with E-state index in [1.807, 2.05) is 18.2 Å². The number of thioether (sulfide) groups is 1. The van der Waals surface area contributed by atoms with Gasteiger partial charge in [0.2, 0.25) is 5.91 Å². The van der Waals surface area contributed by atoms with E-state index in [9.17, 15) is 4.79 Å². The number of nitriles is 1. The van der Waals surface area contributed by atoms with Gasteiger partial charge in [-0.15, -0.1) is 0 Å². The fourth-order valence-corrected chi connectivity index (χ4v) is 3.08. The van der Waals surface area contributed by atoms with Crippen LogP contribution >= 0.6 is 27.7 Å². The zero-order valence-corrected chi connectivity index (χ0v) is 14.2. The number of imidazole rings is 1. The van der Waals surface area contributed by atoms with Crippen LogP contribution < -0.4 is 5.32 Å². The lowest BCUT2D eigenvalue weighted by molar-refractivity contribution is -0.113. The average molecular weight is 387 g/mol. The third kappa shape index (κ3) is 3.73. The molecule has 0 aliphatic heterocycles. The van der Waals surface area contributed by atoms with Crippen LogP contribution in [0.2, 0.25) is 0 Å². The Morgan fingerprint density at radius 2 is 2.17 bits per heavy atom. The first kappa shape index (κ1) is 15.6. The van der Waals surface area contributed by atoms with Gasteiger partial charge in [-0.2, -0.15) is 5.26 Å². The largest absolute Gasteiger partial charge is 0.333 e. The van der Waals surface area contributed by atoms with Crippen LogP contribution in [0.1, 0.15) is 5.56 Å². The first-order valence-corrected chi connectivity index (χ1v) is 8.50. The van der Waals surface area contributed by atoms with Gasteiger partial charge in [0, 0.05) is 4.47 Å². The second-order valence-corrected chi connectivity index (χ2v) is 6.58. The third-order valence-corrected chi connectivity index (χ3v) is 4.45. The van der Waals surface area contributed by atoms with Crippen LogP contribution in [-0.4, -0.2) is 21.6 Å². The summed E-state index contributed by atoms with van der Waals surface area (Å²) in [5.41, 5.74) is 2.73. The number of carbonyl (C=O) groups excluding carboxylic acids is 1. The van der Waals surface area contributed by atoms with E-state index in [4.69, 9.17) is 5.26 Å². The smallest absolute Gasteiger partial charge is 0.234 e. The van der Waals surface area contributed by atoms with E-state index in [0.29, 0.717) is 16.4 Å². The van der Waals surface area contributed by atoms with Crippen LogP contribution in [0.3, 0.4) is 0 Å². The molecule has 0 saturated carbocycles. The Morgan fingerprint density at radius 1 is 1.35 bits per heavy atom. The molecule has 1 amide bonds. The highest BCUT2D eigenvalue weighted by molar-refractivity contribution is 9.10. The first-order chi connectivity index (χ1) is 11.2. The molecule has 1 heterocycles. The van der Waals surface area contributed by atoms with Crippen LogP contribution in [0.25, 0.3) is 11.0 Å². The molecule has 1 aromatic heterocycles. The molecule has 0 atom stereocenters. The molecule has 0 aliphatic rings. The Kier molecular flexibility index (Phi) is 4.65. The SMILES string of the molecule is N#Cc1ccccc1NC(=O)CSc1nc2ccc(Br)cc2[nH]1. The number of nitrogens with one attached hydrogen (secondary N) is 2. The Hall–Kier alpha value is -2.30. The normalized spacial score (nSPS) is 10.4. The minimum absolute atomic E-state index is 0.181. The maximum Gasteiger partial charge on any atom is 0.234 e. The standard InChI is InChI=1S/C16H11BrN4OS/c17-11-5-6-13-14(7-11)21-16(20-13)23-9-15(22)19-12-4-2-1-3-10(12)8-18/h1-7H,9H2,(H,19,22)(H,20,21). The van der Waals surface area contributed by atoms with Gasteiger partial charge in [0.05, 0.1) is 28.0 Å². The second-order valence-electron chi connectivity index (χ2n) is 4.70. The van der Waals surface area contributed by atoms with E-state index in [0.717, 1.165) is 15.5 Å². The first-order valence-electron chi connectivity index (χ1n) is 6.73. The fraction of sp³-hybridized carbons (Fsp3) is 0.0625. The molecule has 23 heavy (non-hydrogen) atoms. The van der Waals surface area contributed by atoms with Gasteiger partial charge in [0.25, 0.3) is 0 Å². The monoisotopic (exact) mass is 386 g/mol. The molecule has 2 N–H and O–H groups in total. The van der Waals surface area contributed by atoms with Crippen molar-refractivity contribution in [3.63, 3.8) is 0 Å². The number of para-hydroxylation sites is 1. The van der Waals surface area contributed by atoms with Crippen molar-refractivity contribution in [2.45, 2.75) is 5.16 Å². The lowest BCUT2D eigenvalue weighted by Crippen LogP contribution is -2.14. The number of carbonyl (C=O) groups is 1. The molecule has 3 rings (SSSR count). The van der Waals surface area contributed by atoms with Crippen LogP contribution in [0, 0.1) is 11.3 Å². The zero-order chi connectivity index (χ0) is 16.2. The molecular formula is C16H11BrN4OS. The topological polar surface area (TPSA) is 81.6 Å². The predicted octanol–water partition coefficient (Wildman–Crippen LogP) is 3.93. The molecule has 2 aromatic carbocycles. The number of hydrogen-bond donors (Lipinski definition) is 2. The van der Waals surface area contributed by atoms with Gasteiger partial charge in [-0.05, 0) is 30.3 Å². The minimum atomic E-state index is -0.181. The van der Waals surface area contributed by atoms with Gasteiger partial charge in [-0.3, -0.25) is 4.79 Å². The van der Waals surface area contributed by atoms with Gasteiger partial charge in [-0.1, -0.05) is 39.8 Å². The van der Waals surface area contributed by atoms with Crippen LogP contribution in [0.15, 0.2) is 52.1 Å². The summed E-state index contributed by atoms with van der Waals surface area (Å²) in [6.07, 6.45) is 0. The molecule has 3 aromatic rings. The molecule has 0 spiro atoms. The highest BCUT2D eigenvalue weighted by atomic mass is 79.9. The van der Waals surface area contributed by atoms with E-state index in [2.05, 4.69) is 37.3 Å². The van der Waals surface area contributed by atoms with Crippen molar-refractivity contribution >= 4 is 50.3 Å². The Morgan fingerprint density at radius 3 is 3.00 bits per heavy atom. The summed E-state index contributed by atoms with van der Waals surface area (Å²) in [7, 11) is 0. The number of anilines is 1. The molecule has 0 bridgehead atoms. The van der Waals surface area contributed by atoms with Gasteiger partial charge in [0.1, 0.15) is 6.07 Å². The van der Waals surface area contributed by atoms with E-state index < -0.39 is 0 Å². The summed E-state index contributed by atoms with van der Waals surface area (Å²) in [5, 5.41) is 12.4. The Bertz CT molecular complexity index is 916. The van der Waals surface area contributed by atoms with Crippen LogP contribution in [-0.2, 0) is 4.79 Å². The van der Waals surface area contributed by atoms with E-state index in [1.165, 1.54) is 11.8 Å². The maximum atomic E-state index is 12.0. The Labute approximate surface area is 145 Å². The van der Waals surface area contributed by atoms with Crippen molar-refractivity contribution in [1.82, 2.24) is 9.97 Å². The summed E-state index contributed by atoms with van der Waals surface area (Å²) in [4.78, 5) is 19.6. The lowest BCUT2D eigenvalue weighted by atomic mass is 10.2. The highest BCUT2D eigenvalue weighted by Crippen LogP contribution is 2.22. The number of aromatic amines is 1. The molecule has 0 aliphatic carbocycles. The Balaban J connectivity index is 1.65. The number of aromatic nitrogens is 2. The number of nitrogens with zero attached hydrogens (tertiary/aromatic N) is 2. The third-order valence-electron chi connectivity index (χ3n) is 3.08. The molecule has 7 heteroatoms. The minimum Gasteiger partial charge on any atom is -0.333 e. The van der Waals surface area contributed by atoms with Gasteiger partial charge >= 0.3 is 0 Å². The molecule has 0 unspecified atom stereocenters. The molecule has 0 saturated heterocycles. The predicted molar refractivity (Wildman–Crippen MR) is 94.3 cm³/mol.